The van der Waals surface area contributed by atoms with Gasteiger partial charge in [-0.2, -0.15) is 0 Å². The van der Waals surface area contributed by atoms with Gasteiger partial charge >= 0.3 is 0 Å². The Hall–Kier alpha value is -1.32. The molecular weight excluding hydrogens is 257 g/mol. The summed E-state index contributed by atoms with van der Waals surface area (Å²) < 4.78 is 0. The number of aromatic nitrogens is 2. The molecule has 17 heavy (non-hydrogen) atoms. The van der Waals surface area contributed by atoms with Crippen molar-refractivity contribution in [3.63, 3.8) is 0 Å². The van der Waals surface area contributed by atoms with Gasteiger partial charge in [0.2, 0.25) is 0 Å². The minimum atomic E-state index is 0.436. The zero-order valence-corrected chi connectivity index (χ0v) is 11.0. The van der Waals surface area contributed by atoms with Crippen LogP contribution in [0, 0.1) is 13.8 Å². The second kappa shape index (κ2) is 4.90. The second-order valence-electron chi connectivity index (χ2n) is 3.75. The highest BCUT2D eigenvalue weighted by atomic mass is 35.5. The molecule has 0 aliphatic carbocycles. The van der Waals surface area contributed by atoms with Crippen LogP contribution in [0.5, 0.6) is 0 Å². The molecule has 0 amide bonds. The van der Waals surface area contributed by atoms with Crippen LogP contribution in [0.25, 0.3) is 0 Å². The van der Waals surface area contributed by atoms with Crippen molar-refractivity contribution in [2.24, 2.45) is 0 Å². The first-order chi connectivity index (χ1) is 8.08. The molecule has 1 N–H and O–H groups in total. The van der Waals surface area contributed by atoms with E-state index >= 15 is 0 Å². The summed E-state index contributed by atoms with van der Waals surface area (Å²) in [5.41, 5.74) is 2.73. The number of halogens is 2. The highest BCUT2D eigenvalue weighted by Gasteiger charge is 2.07. The lowest BCUT2D eigenvalue weighted by Crippen LogP contribution is -1.99. The fourth-order valence-electron chi connectivity index (χ4n) is 1.42. The van der Waals surface area contributed by atoms with Gasteiger partial charge in [-0.1, -0.05) is 29.3 Å². The van der Waals surface area contributed by atoms with E-state index in [2.05, 4.69) is 15.3 Å². The Bertz CT molecular complexity index is 555. The number of nitrogens with zero attached hydrogens (tertiary/aromatic N) is 2. The van der Waals surface area contributed by atoms with Gasteiger partial charge in [-0.3, -0.25) is 0 Å². The highest BCUT2D eigenvalue weighted by Crippen LogP contribution is 2.28. The lowest BCUT2D eigenvalue weighted by atomic mass is 10.2. The molecule has 0 bridgehead atoms. The van der Waals surface area contributed by atoms with Gasteiger partial charge in [0.15, 0.2) is 0 Å². The van der Waals surface area contributed by atoms with Gasteiger partial charge in [0.1, 0.15) is 17.3 Å². The standard InChI is InChI=1S/C12H11Cl2N3/c1-7-3-4-9(13)10(5-7)17-12-8(2)11(14)15-6-16-12/h3-6H,1-2H3,(H,15,16,17). The monoisotopic (exact) mass is 267 g/mol. The van der Waals surface area contributed by atoms with Gasteiger partial charge in [-0.25, -0.2) is 9.97 Å². The van der Waals surface area contributed by atoms with Crippen molar-refractivity contribution < 1.29 is 0 Å². The van der Waals surface area contributed by atoms with Crippen LogP contribution in [0.4, 0.5) is 11.5 Å². The first kappa shape index (κ1) is 12.1. The van der Waals surface area contributed by atoms with Crippen molar-refractivity contribution in [2.75, 3.05) is 5.32 Å². The zero-order chi connectivity index (χ0) is 12.4. The molecule has 0 atom stereocenters. The third-order valence-electron chi connectivity index (χ3n) is 2.40. The van der Waals surface area contributed by atoms with E-state index in [0.29, 0.717) is 16.0 Å². The van der Waals surface area contributed by atoms with Gasteiger partial charge in [0.05, 0.1) is 10.7 Å². The van der Waals surface area contributed by atoms with E-state index in [1.54, 1.807) is 0 Å². The fourth-order valence-corrected chi connectivity index (χ4v) is 1.72. The Kier molecular flexibility index (Phi) is 3.50. The third kappa shape index (κ3) is 2.68. The first-order valence-corrected chi connectivity index (χ1v) is 5.84. The van der Waals surface area contributed by atoms with Crippen LogP contribution in [-0.2, 0) is 0 Å². The number of nitrogens with one attached hydrogen (secondary N) is 1. The van der Waals surface area contributed by atoms with Crippen molar-refractivity contribution in [2.45, 2.75) is 13.8 Å². The maximum atomic E-state index is 6.10. The number of hydrogen-bond acceptors (Lipinski definition) is 3. The number of benzene rings is 1. The molecule has 2 aromatic rings. The van der Waals surface area contributed by atoms with Crippen molar-refractivity contribution in [3.8, 4) is 0 Å². The predicted molar refractivity (Wildman–Crippen MR) is 71.3 cm³/mol. The molecule has 0 radical (unpaired) electrons. The predicted octanol–water partition coefficient (Wildman–Crippen LogP) is 4.14. The Morgan fingerprint density at radius 3 is 2.65 bits per heavy atom. The zero-order valence-electron chi connectivity index (χ0n) is 9.46. The third-order valence-corrected chi connectivity index (χ3v) is 3.11. The van der Waals surface area contributed by atoms with Crippen LogP contribution in [0.3, 0.4) is 0 Å². The minimum Gasteiger partial charge on any atom is -0.339 e. The summed E-state index contributed by atoms with van der Waals surface area (Å²) in [6.45, 7) is 3.86. The molecule has 0 saturated carbocycles. The molecule has 1 aromatic carbocycles. The van der Waals surface area contributed by atoms with E-state index in [4.69, 9.17) is 23.2 Å². The smallest absolute Gasteiger partial charge is 0.138 e. The van der Waals surface area contributed by atoms with Crippen LogP contribution in [0.1, 0.15) is 11.1 Å². The Labute approximate surface area is 110 Å². The number of aryl methyl sites for hydroxylation is 1. The Balaban J connectivity index is 2.38. The molecule has 1 aromatic heterocycles. The molecule has 0 fully saturated rings. The van der Waals surface area contributed by atoms with Gasteiger partial charge in [0.25, 0.3) is 0 Å². The summed E-state index contributed by atoms with van der Waals surface area (Å²) in [7, 11) is 0. The summed E-state index contributed by atoms with van der Waals surface area (Å²) >= 11 is 12.0. The molecule has 5 heteroatoms. The quantitative estimate of drug-likeness (QED) is 0.831. The molecule has 1 heterocycles. The molecule has 2 rings (SSSR count). The van der Waals surface area contributed by atoms with Crippen molar-refractivity contribution in [1.29, 1.82) is 0 Å². The minimum absolute atomic E-state index is 0.436. The summed E-state index contributed by atoms with van der Waals surface area (Å²) in [6, 6.07) is 5.75. The largest absolute Gasteiger partial charge is 0.339 e. The summed E-state index contributed by atoms with van der Waals surface area (Å²) in [5, 5.41) is 4.23. The Morgan fingerprint density at radius 1 is 1.12 bits per heavy atom. The highest BCUT2D eigenvalue weighted by molar-refractivity contribution is 6.33. The van der Waals surface area contributed by atoms with Gasteiger partial charge < -0.3 is 5.32 Å². The van der Waals surface area contributed by atoms with Crippen molar-refractivity contribution in [1.82, 2.24) is 9.97 Å². The number of hydrogen-bond donors (Lipinski definition) is 1. The average molecular weight is 268 g/mol. The molecule has 0 aliphatic heterocycles. The normalized spacial score (nSPS) is 10.4. The molecule has 3 nitrogen and oxygen atoms in total. The van der Waals surface area contributed by atoms with E-state index in [0.717, 1.165) is 16.8 Å². The van der Waals surface area contributed by atoms with E-state index in [1.165, 1.54) is 6.33 Å². The molecule has 88 valence electrons. The number of rotatable bonds is 2. The summed E-state index contributed by atoms with van der Waals surface area (Å²) in [5.74, 6) is 0.664. The summed E-state index contributed by atoms with van der Waals surface area (Å²) in [4.78, 5) is 8.04. The summed E-state index contributed by atoms with van der Waals surface area (Å²) in [6.07, 6.45) is 1.42. The van der Waals surface area contributed by atoms with Crippen molar-refractivity contribution in [3.05, 3.63) is 45.8 Å². The first-order valence-electron chi connectivity index (χ1n) is 5.08. The average Bonchev–Trinajstić information content (AvgIpc) is 2.30. The van der Waals surface area contributed by atoms with E-state index in [9.17, 15) is 0 Å². The SMILES string of the molecule is Cc1ccc(Cl)c(Nc2ncnc(Cl)c2C)c1. The van der Waals surface area contributed by atoms with Crippen LogP contribution in [0.15, 0.2) is 24.5 Å². The molecule has 0 unspecified atom stereocenters. The van der Waals surface area contributed by atoms with Gasteiger partial charge in [0, 0.05) is 5.56 Å². The maximum Gasteiger partial charge on any atom is 0.138 e. The van der Waals surface area contributed by atoms with E-state index < -0.39 is 0 Å². The maximum absolute atomic E-state index is 6.10. The van der Waals surface area contributed by atoms with Crippen LogP contribution < -0.4 is 5.32 Å². The van der Waals surface area contributed by atoms with Crippen LogP contribution in [-0.4, -0.2) is 9.97 Å². The topological polar surface area (TPSA) is 37.8 Å². The molecule has 0 saturated heterocycles. The van der Waals surface area contributed by atoms with E-state index in [-0.39, 0.29) is 0 Å². The second-order valence-corrected chi connectivity index (χ2v) is 4.51. The van der Waals surface area contributed by atoms with Crippen LogP contribution in [0.2, 0.25) is 10.2 Å². The fraction of sp³-hybridized carbons (Fsp3) is 0.167. The van der Waals surface area contributed by atoms with E-state index in [1.807, 2.05) is 32.0 Å². The molecular formula is C12H11Cl2N3. The van der Waals surface area contributed by atoms with Gasteiger partial charge in [-0.15, -0.1) is 0 Å². The lowest BCUT2D eigenvalue weighted by Gasteiger charge is -2.10. The lowest BCUT2D eigenvalue weighted by molar-refractivity contribution is 1.13. The van der Waals surface area contributed by atoms with Gasteiger partial charge in [-0.05, 0) is 31.5 Å². The van der Waals surface area contributed by atoms with Crippen LogP contribution >= 0.6 is 23.2 Å². The molecule has 0 spiro atoms. The molecule has 0 aliphatic rings. The van der Waals surface area contributed by atoms with Crippen molar-refractivity contribution >= 4 is 34.7 Å². The Morgan fingerprint density at radius 2 is 1.88 bits per heavy atom. The number of anilines is 2.